The highest BCUT2D eigenvalue weighted by Gasteiger charge is 2.28. The van der Waals surface area contributed by atoms with Gasteiger partial charge in [0.2, 0.25) is 0 Å². The fourth-order valence-corrected chi connectivity index (χ4v) is 3.90. The first-order valence-corrected chi connectivity index (χ1v) is 8.70. The average Bonchev–Trinajstić information content (AvgIpc) is 3.15. The molecule has 23 heavy (non-hydrogen) atoms. The molecule has 2 aromatic heterocycles. The number of aromatic nitrogens is 3. The van der Waals surface area contributed by atoms with Gasteiger partial charge in [-0.05, 0) is 30.4 Å². The molecule has 3 rings (SSSR count). The van der Waals surface area contributed by atoms with Crippen molar-refractivity contribution in [3.05, 3.63) is 38.2 Å². The van der Waals surface area contributed by atoms with Gasteiger partial charge in [0.05, 0.1) is 4.88 Å². The zero-order chi connectivity index (χ0) is 16.6. The van der Waals surface area contributed by atoms with Crippen LogP contribution in [-0.2, 0) is 5.41 Å². The number of aromatic amines is 2. The number of nitrogens with one attached hydrogen (secondary N) is 2. The summed E-state index contributed by atoms with van der Waals surface area (Å²) < 4.78 is 0. The minimum Gasteiger partial charge on any atom is -0.337 e. The number of thiophene rings is 1. The number of amides is 1. The van der Waals surface area contributed by atoms with Gasteiger partial charge in [0.25, 0.3) is 5.91 Å². The summed E-state index contributed by atoms with van der Waals surface area (Å²) >= 11 is 1.57. The quantitative estimate of drug-likeness (QED) is 0.885. The molecule has 1 unspecified atom stereocenters. The normalized spacial score (nSPS) is 19.1. The minimum absolute atomic E-state index is 0.0577. The third-order valence-electron chi connectivity index (χ3n) is 4.17. The Kier molecular flexibility index (Phi) is 4.14. The maximum Gasteiger partial charge on any atom is 0.340 e. The summed E-state index contributed by atoms with van der Waals surface area (Å²) in [6, 6.07) is 3.97. The van der Waals surface area contributed by atoms with Crippen LogP contribution in [0.15, 0.2) is 16.9 Å². The summed E-state index contributed by atoms with van der Waals surface area (Å²) in [7, 11) is 0. The Morgan fingerprint density at radius 2 is 2.17 bits per heavy atom. The maximum absolute atomic E-state index is 12.8. The first kappa shape index (κ1) is 16.0. The zero-order valence-corrected chi connectivity index (χ0v) is 14.5. The van der Waals surface area contributed by atoms with Gasteiger partial charge in [-0.1, -0.05) is 20.8 Å². The van der Waals surface area contributed by atoms with Crippen LogP contribution in [0.2, 0.25) is 0 Å². The van der Waals surface area contributed by atoms with Crippen molar-refractivity contribution in [2.45, 2.75) is 44.9 Å². The van der Waals surface area contributed by atoms with Gasteiger partial charge in [-0.15, -0.1) is 11.3 Å². The van der Waals surface area contributed by atoms with Crippen molar-refractivity contribution in [1.29, 1.82) is 0 Å². The first-order valence-electron chi connectivity index (χ1n) is 7.89. The molecule has 3 heterocycles. The molecule has 1 saturated heterocycles. The molecule has 0 bridgehead atoms. The number of hydrogen-bond donors (Lipinski definition) is 2. The van der Waals surface area contributed by atoms with Crippen LogP contribution in [0, 0.1) is 0 Å². The van der Waals surface area contributed by atoms with E-state index in [0.29, 0.717) is 12.4 Å². The molecule has 0 aliphatic carbocycles. The van der Waals surface area contributed by atoms with Gasteiger partial charge in [0, 0.05) is 23.9 Å². The van der Waals surface area contributed by atoms with Crippen LogP contribution in [0.25, 0.3) is 0 Å². The number of piperidine rings is 1. The third kappa shape index (κ3) is 3.39. The van der Waals surface area contributed by atoms with E-state index in [9.17, 15) is 9.59 Å². The van der Waals surface area contributed by atoms with Crippen LogP contribution in [0.3, 0.4) is 0 Å². The molecule has 6 nitrogen and oxygen atoms in total. The van der Waals surface area contributed by atoms with E-state index in [1.165, 1.54) is 4.88 Å². The van der Waals surface area contributed by atoms with Gasteiger partial charge in [-0.25, -0.2) is 9.89 Å². The summed E-state index contributed by atoms with van der Waals surface area (Å²) in [6.07, 6.45) is 1.85. The molecule has 0 saturated carbocycles. The number of carbonyl (C=O) groups excluding carboxylic acids is 1. The van der Waals surface area contributed by atoms with Crippen molar-refractivity contribution in [2.24, 2.45) is 0 Å². The van der Waals surface area contributed by atoms with Crippen LogP contribution in [0.1, 0.15) is 59.9 Å². The van der Waals surface area contributed by atoms with Crippen LogP contribution >= 0.6 is 11.3 Å². The van der Waals surface area contributed by atoms with Gasteiger partial charge in [-0.3, -0.25) is 9.78 Å². The lowest BCUT2D eigenvalue weighted by atomic mass is 9.95. The van der Waals surface area contributed by atoms with Crippen molar-refractivity contribution in [2.75, 3.05) is 13.1 Å². The number of rotatable bonds is 2. The summed E-state index contributed by atoms with van der Waals surface area (Å²) in [5, 5.41) is 6.41. The number of H-pyrrole nitrogens is 2. The van der Waals surface area contributed by atoms with Crippen molar-refractivity contribution in [3.63, 3.8) is 0 Å². The van der Waals surface area contributed by atoms with E-state index >= 15 is 0 Å². The van der Waals surface area contributed by atoms with Gasteiger partial charge in [-0.2, -0.15) is 5.10 Å². The lowest BCUT2D eigenvalue weighted by molar-refractivity contribution is 0.0709. The van der Waals surface area contributed by atoms with Gasteiger partial charge in [0.15, 0.2) is 0 Å². The van der Waals surface area contributed by atoms with E-state index in [-0.39, 0.29) is 22.9 Å². The second-order valence-corrected chi connectivity index (χ2v) is 8.15. The van der Waals surface area contributed by atoms with Gasteiger partial charge >= 0.3 is 5.69 Å². The Hall–Kier alpha value is -1.89. The van der Waals surface area contributed by atoms with Crippen LogP contribution in [-0.4, -0.2) is 39.1 Å². The van der Waals surface area contributed by atoms with Crippen molar-refractivity contribution < 1.29 is 4.79 Å². The molecular weight excluding hydrogens is 312 g/mol. The number of likely N-dealkylation sites (tertiary alicyclic amines) is 1. The van der Waals surface area contributed by atoms with E-state index in [4.69, 9.17) is 0 Å². The smallest absolute Gasteiger partial charge is 0.337 e. The van der Waals surface area contributed by atoms with Crippen molar-refractivity contribution >= 4 is 17.2 Å². The molecule has 7 heteroatoms. The van der Waals surface area contributed by atoms with E-state index in [1.807, 2.05) is 17.0 Å². The second-order valence-electron chi connectivity index (χ2n) is 7.07. The summed E-state index contributed by atoms with van der Waals surface area (Å²) in [5.74, 6) is 0.816. The predicted octanol–water partition coefficient (Wildman–Crippen LogP) is 2.48. The highest BCUT2D eigenvalue weighted by atomic mass is 32.1. The summed E-state index contributed by atoms with van der Waals surface area (Å²) in [4.78, 5) is 30.6. The molecule has 1 atom stereocenters. The molecule has 0 aromatic carbocycles. The number of carbonyl (C=O) groups is 1. The van der Waals surface area contributed by atoms with Crippen LogP contribution < -0.4 is 5.69 Å². The Morgan fingerprint density at radius 3 is 2.78 bits per heavy atom. The molecule has 1 aliphatic rings. The van der Waals surface area contributed by atoms with Gasteiger partial charge < -0.3 is 4.90 Å². The van der Waals surface area contributed by atoms with Crippen molar-refractivity contribution in [1.82, 2.24) is 20.1 Å². The highest BCUT2D eigenvalue weighted by Crippen LogP contribution is 2.31. The standard InChI is InChI=1S/C16H22N4O2S/c1-16(2,3)12-7-6-11(23-12)14(21)20-8-4-5-10(9-20)13-17-15(22)19-18-13/h6-7,10H,4-5,8-9H2,1-3H3,(H2,17,18,19,22). The summed E-state index contributed by atoms with van der Waals surface area (Å²) in [5.41, 5.74) is -0.237. The summed E-state index contributed by atoms with van der Waals surface area (Å²) in [6.45, 7) is 7.81. The Morgan fingerprint density at radius 1 is 1.39 bits per heavy atom. The molecule has 2 N–H and O–H groups in total. The van der Waals surface area contributed by atoms with E-state index < -0.39 is 0 Å². The van der Waals surface area contributed by atoms with E-state index in [2.05, 4.69) is 36.0 Å². The fourth-order valence-electron chi connectivity index (χ4n) is 2.87. The average molecular weight is 334 g/mol. The van der Waals surface area contributed by atoms with E-state index in [0.717, 1.165) is 24.3 Å². The predicted molar refractivity (Wildman–Crippen MR) is 90.1 cm³/mol. The Balaban J connectivity index is 1.74. The third-order valence-corrected chi connectivity index (χ3v) is 5.67. The zero-order valence-electron chi connectivity index (χ0n) is 13.7. The Labute approximate surface area is 138 Å². The fraction of sp³-hybridized carbons (Fsp3) is 0.562. The largest absolute Gasteiger partial charge is 0.340 e. The monoisotopic (exact) mass is 334 g/mol. The molecule has 1 amide bonds. The SMILES string of the molecule is CC(C)(C)c1ccc(C(=O)N2CCCC(c3n[nH]c(=O)[nH]3)C2)s1. The maximum atomic E-state index is 12.8. The van der Waals surface area contributed by atoms with Crippen molar-refractivity contribution in [3.8, 4) is 0 Å². The minimum atomic E-state index is -0.295. The topological polar surface area (TPSA) is 81.8 Å². The molecule has 124 valence electrons. The highest BCUT2D eigenvalue weighted by molar-refractivity contribution is 7.14. The Bertz CT molecular complexity index is 752. The molecule has 2 aromatic rings. The molecule has 0 spiro atoms. The molecule has 1 fully saturated rings. The first-order chi connectivity index (χ1) is 10.8. The number of nitrogens with zero attached hydrogens (tertiary/aromatic N) is 2. The lowest BCUT2D eigenvalue weighted by Gasteiger charge is -2.31. The lowest BCUT2D eigenvalue weighted by Crippen LogP contribution is -2.39. The van der Waals surface area contributed by atoms with Gasteiger partial charge in [0.1, 0.15) is 5.82 Å². The van der Waals surface area contributed by atoms with Crippen LogP contribution in [0.5, 0.6) is 0 Å². The molecular formula is C16H22N4O2S. The molecule has 0 radical (unpaired) electrons. The van der Waals surface area contributed by atoms with E-state index in [1.54, 1.807) is 11.3 Å². The molecule has 1 aliphatic heterocycles. The number of hydrogen-bond acceptors (Lipinski definition) is 4. The second kappa shape index (κ2) is 5.96. The van der Waals surface area contributed by atoms with Crippen LogP contribution in [0.4, 0.5) is 0 Å².